The highest BCUT2D eigenvalue weighted by atomic mass is 32.2. The molecule has 0 aromatic heterocycles. The lowest BCUT2D eigenvalue weighted by Crippen LogP contribution is -2.40. The second-order valence-electron chi connectivity index (χ2n) is 13.4. The number of thiol groups is 2. The first-order chi connectivity index (χ1) is 23.1. The molecule has 0 unspecified atom stereocenters. The Bertz CT molecular complexity index is 621. The summed E-state index contributed by atoms with van der Waals surface area (Å²) in [4.78, 5) is 24.9. The summed E-state index contributed by atoms with van der Waals surface area (Å²) in [6.45, 7) is 6.03. The largest absolute Gasteiger partial charge is 0.353 e. The molecule has 0 saturated heterocycles. The van der Waals surface area contributed by atoms with E-state index < -0.39 is 24.0 Å². The van der Waals surface area contributed by atoms with Gasteiger partial charge in [0.25, 0.3) is 12.3 Å². The smallest absolute Gasteiger partial charge is 0.338 e. The minimum Gasteiger partial charge on any atom is -0.353 e. The summed E-state index contributed by atoms with van der Waals surface area (Å²) >= 11 is 9.03. The molecule has 2 N–H and O–H groups in total. The van der Waals surface area contributed by atoms with Crippen molar-refractivity contribution in [2.75, 3.05) is 24.6 Å². The van der Waals surface area contributed by atoms with E-state index in [1.165, 1.54) is 154 Å². The lowest BCUT2D eigenvalue weighted by molar-refractivity contribution is -0.137. The van der Waals surface area contributed by atoms with E-state index in [1.807, 2.05) is 0 Å². The molecular weight excluding hydrogens is 645 g/mol. The Labute approximate surface area is 307 Å². The normalized spacial score (nSPS) is 12.7. The minimum atomic E-state index is -0.523. The fraction of sp³-hybridized carbons (Fsp3) is 0.947. The molecule has 0 aliphatic heterocycles. The van der Waals surface area contributed by atoms with Crippen LogP contribution in [0.5, 0.6) is 0 Å². The number of hydrogen-bond acceptors (Lipinski definition) is 9. The Morgan fingerprint density at radius 1 is 0.447 bits per heavy atom. The van der Waals surface area contributed by atoms with Gasteiger partial charge in [-0.1, -0.05) is 181 Å². The molecule has 0 spiro atoms. The van der Waals surface area contributed by atoms with Gasteiger partial charge in [-0.25, -0.2) is 9.59 Å². The summed E-state index contributed by atoms with van der Waals surface area (Å²) in [5.74, 6) is -0.292. The van der Waals surface area contributed by atoms with E-state index in [0.717, 1.165) is 38.8 Å². The Balaban J connectivity index is 3.70. The van der Waals surface area contributed by atoms with Crippen LogP contribution in [-0.4, -0.2) is 48.6 Å². The molecule has 0 rings (SSSR count). The highest BCUT2D eigenvalue weighted by molar-refractivity contribution is 7.90. The van der Waals surface area contributed by atoms with Gasteiger partial charge in [0.05, 0.1) is 0 Å². The first-order valence-corrected chi connectivity index (χ1v) is 21.8. The second kappa shape index (κ2) is 38.7. The zero-order valence-electron chi connectivity index (χ0n) is 30.7. The molecule has 47 heavy (non-hydrogen) atoms. The first-order valence-electron chi connectivity index (χ1n) is 19.9. The summed E-state index contributed by atoms with van der Waals surface area (Å²) in [6, 6.07) is -1.05. The van der Waals surface area contributed by atoms with Crippen LogP contribution >= 0.6 is 37.6 Å². The maximum Gasteiger partial charge on any atom is 0.338 e. The average molecular weight is 721 g/mol. The van der Waals surface area contributed by atoms with Crippen molar-refractivity contribution in [1.82, 2.24) is 10.6 Å². The van der Waals surface area contributed by atoms with Crippen LogP contribution in [0.2, 0.25) is 0 Å². The average Bonchev–Trinajstić information content (AvgIpc) is 3.08. The molecule has 0 heterocycles. The van der Waals surface area contributed by atoms with Gasteiger partial charge in [-0.05, 0) is 25.9 Å². The third kappa shape index (κ3) is 32.8. The maximum absolute atomic E-state index is 12.4. The molecule has 0 bridgehead atoms. The van der Waals surface area contributed by atoms with Crippen molar-refractivity contribution in [1.29, 1.82) is 0 Å². The molecule has 0 aliphatic rings. The van der Waals surface area contributed by atoms with Crippen molar-refractivity contribution in [3.05, 3.63) is 0 Å². The van der Waals surface area contributed by atoms with Crippen molar-refractivity contribution in [3.8, 4) is 0 Å². The van der Waals surface area contributed by atoms with Crippen molar-refractivity contribution >= 4 is 49.5 Å². The number of carbonyl (C=O) groups excluding carboxylic acids is 2. The maximum atomic E-state index is 12.4. The van der Waals surface area contributed by atoms with Crippen LogP contribution in [0.15, 0.2) is 0 Å². The van der Waals surface area contributed by atoms with Crippen LogP contribution in [-0.2, 0) is 18.0 Å². The van der Waals surface area contributed by atoms with Gasteiger partial charge in [-0.15, -0.1) is 0 Å². The molecule has 0 radical (unpaired) electrons. The van der Waals surface area contributed by atoms with Gasteiger partial charge in [0, 0.05) is 11.5 Å². The molecule has 9 heteroatoms. The van der Waals surface area contributed by atoms with E-state index in [1.54, 1.807) is 0 Å². The topological polar surface area (TPSA) is 76.7 Å². The van der Waals surface area contributed by atoms with Gasteiger partial charge < -0.3 is 19.0 Å². The molecule has 6 nitrogen and oxygen atoms in total. The molecule has 0 amide bonds. The van der Waals surface area contributed by atoms with E-state index in [-0.39, 0.29) is 0 Å². The predicted octanol–water partition coefficient (Wildman–Crippen LogP) is 11.4. The number of rotatable bonds is 38. The Hall–Kier alpha value is -0.0900. The quantitative estimate of drug-likeness (QED) is 0.0287. The lowest BCUT2D eigenvalue weighted by atomic mass is 10.0. The summed E-state index contributed by atoms with van der Waals surface area (Å²) in [5.41, 5.74) is 0. The first kappa shape index (κ1) is 46.9. The van der Waals surface area contributed by atoms with Crippen molar-refractivity contribution in [2.45, 2.75) is 206 Å². The highest BCUT2D eigenvalue weighted by Gasteiger charge is 2.22. The van der Waals surface area contributed by atoms with E-state index in [0.29, 0.717) is 23.8 Å². The zero-order chi connectivity index (χ0) is 34.5. The number of unbranched alkanes of at least 4 members (excludes halogenated alkanes) is 26. The van der Waals surface area contributed by atoms with Crippen LogP contribution in [0.1, 0.15) is 194 Å². The van der Waals surface area contributed by atoms with E-state index in [2.05, 4.69) is 49.7 Å². The highest BCUT2D eigenvalue weighted by Crippen LogP contribution is 2.15. The van der Waals surface area contributed by atoms with Crippen LogP contribution in [0.25, 0.3) is 0 Å². The van der Waals surface area contributed by atoms with Crippen LogP contribution < -0.4 is 10.6 Å². The van der Waals surface area contributed by atoms with Gasteiger partial charge in [0.15, 0.2) is 0 Å². The third-order valence-electron chi connectivity index (χ3n) is 9.01. The third-order valence-corrected chi connectivity index (χ3v) is 10.2. The van der Waals surface area contributed by atoms with E-state index in [4.69, 9.17) is 8.37 Å². The lowest BCUT2D eigenvalue weighted by Gasteiger charge is -2.16. The van der Waals surface area contributed by atoms with Gasteiger partial charge in [0.2, 0.25) is 0 Å². The number of carbonyl (C=O) groups is 2. The zero-order valence-corrected chi connectivity index (χ0v) is 33.3. The van der Waals surface area contributed by atoms with Crippen molar-refractivity contribution in [3.63, 3.8) is 0 Å². The SMILES string of the molecule is CCCCCCCCCCCCCCCCN[C@@H](CS)C(=O)OSOC(=O)[C@H](CS)NCCCCCCCCCCCCCCCC. The van der Waals surface area contributed by atoms with Crippen LogP contribution in [0.3, 0.4) is 0 Å². The number of hydrogen-bond donors (Lipinski definition) is 4. The predicted molar refractivity (Wildman–Crippen MR) is 212 cm³/mol. The van der Waals surface area contributed by atoms with Crippen molar-refractivity contribution < 1.29 is 18.0 Å². The molecule has 0 fully saturated rings. The second-order valence-corrected chi connectivity index (χ2v) is 14.6. The fourth-order valence-electron chi connectivity index (χ4n) is 5.84. The molecular formula is C38H76N2O4S3. The molecule has 0 aliphatic carbocycles. The molecule has 2 atom stereocenters. The van der Waals surface area contributed by atoms with Crippen molar-refractivity contribution in [2.24, 2.45) is 0 Å². The summed E-state index contributed by atoms with van der Waals surface area (Å²) in [6.07, 6.45) is 37.0. The van der Waals surface area contributed by atoms with E-state index in [9.17, 15) is 9.59 Å². The Kier molecular flexibility index (Phi) is 38.6. The van der Waals surface area contributed by atoms with Crippen LogP contribution in [0, 0.1) is 0 Å². The van der Waals surface area contributed by atoms with Gasteiger partial charge in [-0.2, -0.15) is 25.3 Å². The van der Waals surface area contributed by atoms with Gasteiger partial charge in [-0.3, -0.25) is 0 Å². The van der Waals surface area contributed by atoms with Crippen LogP contribution in [0.4, 0.5) is 0 Å². The Morgan fingerprint density at radius 2 is 0.681 bits per heavy atom. The Morgan fingerprint density at radius 3 is 0.915 bits per heavy atom. The monoisotopic (exact) mass is 720 g/mol. The molecule has 0 aromatic rings. The van der Waals surface area contributed by atoms with Gasteiger partial charge in [0.1, 0.15) is 12.1 Å². The summed E-state index contributed by atoms with van der Waals surface area (Å²) < 4.78 is 10.3. The molecule has 0 aromatic carbocycles. The summed E-state index contributed by atoms with van der Waals surface area (Å²) in [5, 5.41) is 6.45. The van der Waals surface area contributed by atoms with Gasteiger partial charge >= 0.3 is 11.9 Å². The standard InChI is InChI=1S/C38H76N2O4S3/c1-3-5-7-9-11-13-15-17-19-21-23-25-27-29-31-39-35(33-45)37(41)43-47-44-38(42)36(34-46)40-32-30-28-26-24-22-20-18-16-14-12-10-8-6-4-2/h35-36,39-40,45-46H,3-34H2,1-2H3/t35-,36-/m0/s1. The molecule has 0 saturated carbocycles. The summed E-state index contributed by atoms with van der Waals surface area (Å²) in [7, 11) is 0. The molecule has 280 valence electrons. The van der Waals surface area contributed by atoms with E-state index >= 15 is 0 Å². The fourth-order valence-corrected chi connectivity index (χ4v) is 6.79. The number of nitrogens with one attached hydrogen (secondary N) is 2. The minimum absolute atomic E-state index is 0.325.